The summed E-state index contributed by atoms with van der Waals surface area (Å²) in [6.45, 7) is 0. The van der Waals surface area contributed by atoms with Gasteiger partial charge < -0.3 is 14.8 Å². The second kappa shape index (κ2) is 8.19. The molecule has 0 radical (unpaired) electrons. The Hall–Kier alpha value is -3.60. The van der Waals surface area contributed by atoms with Crippen LogP contribution in [0.2, 0.25) is 0 Å². The number of rotatable bonds is 5. The van der Waals surface area contributed by atoms with Gasteiger partial charge in [-0.1, -0.05) is 42.5 Å². The number of carbonyl (C=O) groups is 2. The first kappa shape index (κ1) is 18.2. The fourth-order valence-corrected chi connectivity index (χ4v) is 2.70. The molecular formula is C22H19NO4. The average Bonchev–Trinajstić information content (AvgIpc) is 2.73. The normalized spacial score (nSPS) is 10.1. The molecule has 1 amide bonds. The van der Waals surface area contributed by atoms with Crippen LogP contribution in [-0.4, -0.2) is 26.1 Å². The molecule has 3 aromatic carbocycles. The summed E-state index contributed by atoms with van der Waals surface area (Å²) in [6.07, 6.45) is 0. The Kier molecular flexibility index (Phi) is 5.52. The average molecular weight is 361 g/mol. The van der Waals surface area contributed by atoms with Crippen molar-refractivity contribution in [3.05, 3.63) is 83.9 Å². The van der Waals surface area contributed by atoms with E-state index in [0.717, 1.165) is 11.1 Å². The van der Waals surface area contributed by atoms with E-state index in [4.69, 9.17) is 9.47 Å². The Morgan fingerprint density at radius 2 is 1.48 bits per heavy atom. The Morgan fingerprint density at radius 3 is 2.11 bits per heavy atom. The van der Waals surface area contributed by atoms with Gasteiger partial charge >= 0.3 is 5.97 Å². The third-order valence-electron chi connectivity index (χ3n) is 4.12. The Labute approximate surface area is 157 Å². The molecule has 0 heterocycles. The Balaban J connectivity index is 1.78. The van der Waals surface area contributed by atoms with E-state index in [0.29, 0.717) is 17.0 Å². The van der Waals surface area contributed by atoms with Crippen molar-refractivity contribution in [2.75, 3.05) is 19.5 Å². The molecule has 0 aliphatic rings. The molecule has 3 aromatic rings. The number of benzene rings is 3. The fraction of sp³-hybridized carbons (Fsp3) is 0.0909. The maximum Gasteiger partial charge on any atom is 0.341 e. The highest BCUT2D eigenvalue weighted by Gasteiger charge is 2.16. The van der Waals surface area contributed by atoms with Gasteiger partial charge in [-0.3, -0.25) is 4.79 Å². The second-order valence-corrected chi connectivity index (χ2v) is 5.80. The highest BCUT2D eigenvalue weighted by atomic mass is 16.5. The van der Waals surface area contributed by atoms with Gasteiger partial charge in [-0.2, -0.15) is 0 Å². The second-order valence-electron chi connectivity index (χ2n) is 5.80. The van der Waals surface area contributed by atoms with Crippen molar-refractivity contribution in [2.45, 2.75) is 0 Å². The minimum Gasteiger partial charge on any atom is -0.496 e. The molecule has 0 atom stereocenters. The van der Waals surface area contributed by atoms with Crippen molar-refractivity contribution < 1.29 is 19.1 Å². The molecule has 5 nitrogen and oxygen atoms in total. The lowest BCUT2D eigenvalue weighted by molar-refractivity contribution is 0.0597. The minimum absolute atomic E-state index is 0.201. The zero-order valence-corrected chi connectivity index (χ0v) is 15.1. The predicted octanol–water partition coefficient (Wildman–Crippen LogP) is 4.40. The van der Waals surface area contributed by atoms with E-state index in [-0.39, 0.29) is 11.5 Å². The SMILES string of the molecule is COC(=O)c1cc(C(=O)Nc2ccc(-c3ccccc3)cc2)ccc1OC. The Bertz CT molecular complexity index is 950. The Morgan fingerprint density at radius 1 is 0.815 bits per heavy atom. The van der Waals surface area contributed by atoms with Crippen LogP contribution in [0.1, 0.15) is 20.7 Å². The van der Waals surface area contributed by atoms with Crippen LogP contribution >= 0.6 is 0 Å². The van der Waals surface area contributed by atoms with Gasteiger partial charge in [-0.05, 0) is 41.5 Å². The van der Waals surface area contributed by atoms with Crippen molar-refractivity contribution in [3.8, 4) is 16.9 Å². The van der Waals surface area contributed by atoms with Gasteiger partial charge in [0.05, 0.1) is 14.2 Å². The third kappa shape index (κ3) is 4.15. The van der Waals surface area contributed by atoms with Gasteiger partial charge in [0.25, 0.3) is 5.91 Å². The van der Waals surface area contributed by atoms with E-state index in [1.807, 2.05) is 54.6 Å². The number of nitrogens with one attached hydrogen (secondary N) is 1. The number of anilines is 1. The van der Waals surface area contributed by atoms with Crippen LogP contribution in [0.15, 0.2) is 72.8 Å². The summed E-state index contributed by atoms with van der Waals surface area (Å²) in [5, 5.41) is 2.83. The summed E-state index contributed by atoms with van der Waals surface area (Å²) in [5.41, 5.74) is 3.37. The number of amides is 1. The van der Waals surface area contributed by atoms with Crippen molar-refractivity contribution >= 4 is 17.6 Å². The molecule has 3 rings (SSSR count). The molecule has 0 fully saturated rings. The van der Waals surface area contributed by atoms with E-state index in [9.17, 15) is 9.59 Å². The topological polar surface area (TPSA) is 64.6 Å². The van der Waals surface area contributed by atoms with Crippen molar-refractivity contribution in [1.82, 2.24) is 0 Å². The van der Waals surface area contributed by atoms with Crippen LogP contribution in [0.3, 0.4) is 0 Å². The fourth-order valence-electron chi connectivity index (χ4n) is 2.70. The number of carbonyl (C=O) groups excluding carboxylic acids is 2. The van der Waals surface area contributed by atoms with Crippen molar-refractivity contribution in [3.63, 3.8) is 0 Å². The molecule has 27 heavy (non-hydrogen) atoms. The summed E-state index contributed by atoms with van der Waals surface area (Å²) in [6, 6.07) is 22.2. The molecule has 0 saturated heterocycles. The molecule has 1 N–H and O–H groups in total. The first-order chi connectivity index (χ1) is 13.1. The molecule has 0 saturated carbocycles. The van der Waals surface area contributed by atoms with Crippen LogP contribution in [0.25, 0.3) is 11.1 Å². The number of esters is 1. The van der Waals surface area contributed by atoms with E-state index in [1.165, 1.54) is 20.3 Å². The maximum absolute atomic E-state index is 12.5. The molecule has 5 heteroatoms. The smallest absolute Gasteiger partial charge is 0.341 e. The molecule has 0 unspecified atom stereocenters. The summed E-state index contributed by atoms with van der Waals surface area (Å²) >= 11 is 0. The summed E-state index contributed by atoms with van der Waals surface area (Å²) < 4.78 is 9.88. The lowest BCUT2D eigenvalue weighted by Crippen LogP contribution is -2.13. The third-order valence-corrected chi connectivity index (χ3v) is 4.12. The minimum atomic E-state index is -0.561. The number of hydrogen-bond acceptors (Lipinski definition) is 4. The first-order valence-corrected chi connectivity index (χ1v) is 8.35. The number of ether oxygens (including phenoxy) is 2. The zero-order chi connectivity index (χ0) is 19.2. The van der Waals surface area contributed by atoms with Gasteiger partial charge in [0.15, 0.2) is 0 Å². The maximum atomic E-state index is 12.5. The van der Waals surface area contributed by atoms with Crippen molar-refractivity contribution in [1.29, 1.82) is 0 Å². The summed E-state index contributed by atoms with van der Waals surface area (Å²) in [7, 11) is 2.73. The van der Waals surface area contributed by atoms with Gasteiger partial charge in [0, 0.05) is 11.3 Å². The molecule has 0 aromatic heterocycles. The zero-order valence-electron chi connectivity index (χ0n) is 15.1. The predicted molar refractivity (Wildman–Crippen MR) is 104 cm³/mol. The highest BCUT2D eigenvalue weighted by Crippen LogP contribution is 2.23. The van der Waals surface area contributed by atoms with E-state index >= 15 is 0 Å². The molecule has 0 spiro atoms. The van der Waals surface area contributed by atoms with Gasteiger partial charge in [0.1, 0.15) is 11.3 Å². The molecule has 0 bridgehead atoms. The van der Waals surface area contributed by atoms with E-state index in [2.05, 4.69) is 5.32 Å². The highest BCUT2D eigenvalue weighted by molar-refractivity contribution is 6.06. The van der Waals surface area contributed by atoms with Gasteiger partial charge in [-0.25, -0.2) is 4.79 Å². The summed E-state index contributed by atoms with van der Waals surface area (Å²) in [4.78, 5) is 24.4. The molecule has 0 aliphatic heterocycles. The van der Waals surface area contributed by atoms with E-state index in [1.54, 1.807) is 12.1 Å². The van der Waals surface area contributed by atoms with Crippen LogP contribution in [0.4, 0.5) is 5.69 Å². The lowest BCUT2D eigenvalue weighted by Gasteiger charge is -2.10. The lowest BCUT2D eigenvalue weighted by atomic mass is 10.1. The van der Waals surface area contributed by atoms with Gasteiger partial charge in [-0.15, -0.1) is 0 Å². The van der Waals surface area contributed by atoms with E-state index < -0.39 is 5.97 Å². The van der Waals surface area contributed by atoms with Crippen LogP contribution in [0, 0.1) is 0 Å². The largest absolute Gasteiger partial charge is 0.496 e. The number of hydrogen-bond donors (Lipinski definition) is 1. The monoisotopic (exact) mass is 361 g/mol. The molecule has 136 valence electrons. The first-order valence-electron chi connectivity index (χ1n) is 8.35. The quantitative estimate of drug-likeness (QED) is 0.684. The number of methoxy groups -OCH3 is 2. The van der Waals surface area contributed by atoms with Gasteiger partial charge in [0.2, 0.25) is 0 Å². The van der Waals surface area contributed by atoms with Crippen LogP contribution in [-0.2, 0) is 4.74 Å². The molecule has 0 aliphatic carbocycles. The van der Waals surface area contributed by atoms with Crippen molar-refractivity contribution in [2.24, 2.45) is 0 Å². The van der Waals surface area contributed by atoms with Crippen LogP contribution < -0.4 is 10.1 Å². The summed E-state index contributed by atoms with van der Waals surface area (Å²) in [5.74, 6) is -0.533. The van der Waals surface area contributed by atoms with Crippen LogP contribution in [0.5, 0.6) is 5.75 Å². The molecular weight excluding hydrogens is 342 g/mol. The standard InChI is InChI=1S/C22H19NO4/c1-26-20-13-10-17(14-19(20)22(25)27-2)21(24)23-18-11-8-16(9-12-18)15-6-4-3-5-7-15/h3-14H,1-2H3,(H,23,24).